The molecule has 1 aromatic heterocycles. The lowest BCUT2D eigenvalue weighted by molar-refractivity contribution is 0.573. The molecule has 0 aliphatic heterocycles. The number of aryl methyl sites for hydroxylation is 1. The van der Waals surface area contributed by atoms with Gasteiger partial charge in [-0.25, -0.2) is 4.39 Å². The van der Waals surface area contributed by atoms with Crippen molar-refractivity contribution in [1.29, 1.82) is 0 Å². The van der Waals surface area contributed by atoms with Crippen LogP contribution in [0.15, 0.2) is 35.1 Å². The summed E-state index contributed by atoms with van der Waals surface area (Å²) in [6.07, 6.45) is 7.57. The first-order chi connectivity index (χ1) is 9.11. The first kappa shape index (κ1) is 12.9. The van der Waals surface area contributed by atoms with Crippen LogP contribution >= 0.6 is 15.9 Å². The zero-order valence-corrected chi connectivity index (χ0v) is 12.2. The van der Waals surface area contributed by atoms with Crippen molar-refractivity contribution in [2.24, 2.45) is 5.73 Å². The molecule has 0 saturated carbocycles. The first-order valence-corrected chi connectivity index (χ1v) is 7.30. The Kier molecular flexibility index (Phi) is 3.46. The highest BCUT2D eigenvalue weighted by atomic mass is 79.9. The van der Waals surface area contributed by atoms with Gasteiger partial charge in [0.15, 0.2) is 0 Å². The fourth-order valence-corrected chi connectivity index (χ4v) is 3.30. The molecule has 4 heteroatoms. The van der Waals surface area contributed by atoms with Gasteiger partial charge in [-0.1, -0.05) is 15.9 Å². The van der Waals surface area contributed by atoms with Crippen molar-refractivity contribution in [3.63, 3.8) is 0 Å². The second-order valence-electron chi connectivity index (χ2n) is 5.19. The van der Waals surface area contributed by atoms with Crippen molar-refractivity contribution < 1.29 is 4.39 Å². The Morgan fingerprint density at radius 1 is 1.32 bits per heavy atom. The number of rotatable bonds is 2. The molecule has 2 aromatic rings. The molecule has 1 atom stereocenters. The van der Waals surface area contributed by atoms with Crippen LogP contribution in [0.1, 0.15) is 35.6 Å². The van der Waals surface area contributed by atoms with Gasteiger partial charge in [0.1, 0.15) is 5.82 Å². The third-order valence-electron chi connectivity index (χ3n) is 3.65. The number of nitrogens with two attached hydrogens (primary N) is 1. The van der Waals surface area contributed by atoms with E-state index in [-0.39, 0.29) is 11.9 Å². The van der Waals surface area contributed by atoms with E-state index in [1.165, 1.54) is 17.2 Å². The first-order valence-electron chi connectivity index (χ1n) is 6.51. The largest absolute Gasteiger partial charge is 0.349 e. The van der Waals surface area contributed by atoms with Gasteiger partial charge in [-0.05, 0) is 54.2 Å². The minimum atomic E-state index is -0.210. The average Bonchev–Trinajstić information content (AvgIpc) is 2.71. The highest BCUT2D eigenvalue weighted by molar-refractivity contribution is 9.10. The summed E-state index contributed by atoms with van der Waals surface area (Å²) in [5.41, 5.74) is 9.67. The molecule has 0 saturated heterocycles. The number of benzene rings is 1. The van der Waals surface area contributed by atoms with Crippen LogP contribution in [0.5, 0.6) is 0 Å². The highest BCUT2D eigenvalue weighted by Gasteiger charge is 2.18. The number of aromatic nitrogens is 1. The van der Waals surface area contributed by atoms with Crippen molar-refractivity contribution in [2.75, 3.05) is 0 Å². The number of fused-ring (bicyclic) bond motifs is 1. The molecule has 1 unspecified atom stereocenters. The van der Waals surface area contributed by atoms with E-state index in [1.54, 1.807) is 6.07 Å². The second kappa shape index (κ2) is 5.10. The molecule has 2 N–H and O–H groups in total. The Labute approximate surface area is 120 Å². The molecule has 1 aliphatic rings. The predicted octanol–water partition coefficient (Wildman–Crippen LogP) is 3.77. The molecule has 0 fully saturated rings. The van der Waals surface area contributed by atoms with Crippen LogP contribution < -0.4 is 5.73 Å². The summed E-state index contributed by atoms with van der Waals surface area (Å²) < 4.78 is 16.2. The number of hydrogen-bond acceptors (Lipinski definition) is 1. The molecule has 0 amide bonds. The van der Waals surface area contributed by atoms with Crippen molar-refractivity contribution in [3.05, 3.63) is 57.6 Å². The monoisotopic (exact) mass is 322 g/mol. The summed E-state index contributed by atoms with van der Waals surface area (Å²) in [6.45, 7) is 0.677. The van der Waals surface area contributed by atoms with Crippen molar-refractivity contribution in [2.45, 2.75) is 31.8 Å². The second-order valence-corrected chi connectivity index (χ2v) is 6.10. The van der Waals surface area contributed by atoms with Gasteiger partial charge < -0.3 is 10.3 Å². The fourth-order valence-electron chi connectivity index (χ4n) is 2.79. The Morgan fingerprint density at radius 2 is 2.16 bits per heavy atom. The summed E-state index contributed by atoms with van der Waals surface area (Å²) in [7, 11) is 0. The summed E-state index contributed by atoms with van der Waals surface area (Å²) in [4.78, 5) is 0. The number of nitrogens with zero attached hydrogens (tertiary/aromatic N) is 1. The standard InChI is InChI=1S/C15H16BrFN2/c16-12-4-10(5-13(17)6-12)7-19-8-11-2-1-3-15(18)14(11)9-19/h4-6,8-9,15H,1-3,7,18H2. The maximum Gasteiger partial charge on any atom is 0.124 e. The maximum absolute atomic E-state index is 13.4. The minimum Gasteiger partial charge on any atom is -0.349 e. The summed E-state index contributed by atoms with van der Waals surface area (Å²) in [5.74, 6) is -0.210. The number of hydrogen-bond donors (Lipinski definition) is 1. The van der Waals surface area contributed by atoms with Gasteiger partial charge in [0.2, 0.25) is 0 Å². The fraction of sp³-hybridized carbons (Fsp3) is 0.333. The van der Waals surface area contributed by atoms with Crippen LogP contribution in [0.3, 0.4) is 0 Å². The van der Waals surface area contributed by atoms with E-state index < -0.39 is 0 Å². The topological polar surface area (TPSA) is 30.9 Å². The number of halogens is 2. The Bertz CT molecular complexity index is 586. The van der Waals surface area contributed by atoms with E-state index in [0.717, 1.165) is 29.3 Å². The van der Waals surface area contributed by atoms with Crippen LogP contribution in [0.25, 0.3) is 0 Å². The molecule has 0 radical (unpaired) electrons. The van der Waals surface area contributed by atoms with Crippen LogP contribution in [0.2, 0.25) is 0 Å². The van der Waals surface area contributed by atoms with E-state index >= 15 is 0 Å². The zero-order chi connectivity index (χ0) is 13.4. The SMILES string of the molecule is NC1CCCc2cn(Cc3cc(F)cc(Br)c3)cc21. The molecule has 0 spiro atoms. The molecule has 2 nitrogen and oxygen atoms in total. The normalized spacial score (nSPS) is 18.4. The van der Waals surface area contributed by atoms with Gasteiger partial charge in [0.25, 0.3) is 0 Å². The van der Waals surface area contributed by atoms with Crippen LogP contribution in [-0.2, 0) is 13.0 Å². The molecule has 0 bridgehead atoms. The smallest absolute Gasteiger partial charge is 0.124 e. The lowest BCUT2D eigenvalue weighted by Gasteiger charge is -2.17. The average molecular weight is 323 g/mol. The summed E-state index contributed by atoms with van der Waals surface area (Å²) in [5, 5.41) is 0. The van der Waals surface area contributed by atoms with Gasteiger partial charge in [0.05, 0.1) is 0 Å². The maximum atomic E-state index is 13.4. The lowest BCUT2D eigenvalue weighted by atomic mass is 9.92. The summed E-state index contributed by atoms with van der Waals surface area (Å²) in [6, 6.07) is 5.15. The quantitative estimate of drug-likeness (QED) is 0.896. The van der Waals surface area contributed by atoms with E-state index in [1.807, 2.05) is 6.07 Å². The van der Waals surface area contributed by atoms with E-state index in [4.69, 9.17) is 5.73 Å². The van der Waals surface area contributed by atoms with Gasteiger partial charge in [-0.15, -0.1) is 0 Å². The minimum absolute atomic E-state index is 0.157. The Morgan fingerprint density at radius 3 is 2.89 bits per heavy atom. The molecule has 100 valence electrons. The van der Waals surface area contributed by atoms with Crippen molar-refractivity contribution in [1.82, 2.24) is 4.57 Å². The third kappa shape index (κ3) is 2.74. The lowest BCUT2D eigenvalue weighted by Crippen LogP contribution is -2.15. The third-order valence-corrected chi connectivity index (χ3v) is 4.10. The van der Waals surface area contributed by atoms with Gasteiger partial charge in [-0.3, -0.25) is 0 Å². The Hall–Kier alpha value is -1.13. The molecular formula is C15H16BrFN2. The van der Waals surface area contributed by atoms with E-state index in [0.29, 0.717) is 6.54 Å². The molecule has 1 aliphatic carbocycles. The van der Waals surface area contributed by atoms with Gasteiger partial charge >= 0.3 is 0 Å². The van der Waals surface area contributed by atoms with Crippen LogP contribution in [-0.4, -0.2) is 4.57 Å². The van der Waals surface area contributed by atoms with E-state index in [2.05, 4.69) is 32.9 Å². The van der Waals surface area contributed by atoms with Gasteiger partial charge in [-0.2, -0.15) is 0 Å². The summed E-state index contributed by atoms with van der Waals surface area (Å²) >= 11 is 3.32. The molecule has 1 aromatic carbocycles. The molecule has 1 heterocycles. The highest BCUT2D eigenvalue weighted by Crippen LogP contribution is 2.29. The van der Waals surface area contributed by atoms with Crippen molar-refractivity contribution in [3.8, 4) is 0 Å². The van der Waals surface area contributed by atoms with Crippen LogP contribution in [0, 0.1) is 5.82 Å². The van der Waals surface area contributed by atoms with E-state index in [9.17, 15) is 4.39 Å². The van der Waals surface area contributed by atoms with Gasteiger partial charge in [0, 0.05) is 29.5 Å². The van der Waals surface area contributed by atoms with Crippen LogP contribution in [0.4, 0.5) is 4.39 Å². The van der Waals surface area contributed by atoms with Crippen molar-refractivity contribution >= 4 is 15.9 Å². The molecular weight excluding hydrogens is 307 g/mol. The molecule has 3 rings (SSSR count). The predicted molar refractivity (Wildman–Crippen MR) is 77.5 cm³/mol. The zero-order valence-electron chi connectivity index (χ0n) is 10.6. The molecule has 19 heavy (non-hydrogen) atoms. The Balaban J connectivity index is 1.87.